The van der Waals surface area contributed by atoms with Gasteiger partial charge in [0.25, 0.3) is 0 Å². The van der Waals surface area contributed by atoms with Gasteiger partial charge in [-0.3, -0.25) is 0 Å². The van der Waals surface area contributed by atoms with Gasteiger partial charge in [-0.15, -0.1) is 0 Å². The SMILES string of the molecule is NCc1ccc(CCc2ccccc2CN)cc1. The summed E-state index contributed by atoms with van der Waals surface area (Å²) in [6, 6.07) is 16.9. The van der Waals surface area contributed by atoms with E-state index >= 15 is 0 Å². The molecule has 0 fully saturated rings. The zero-order valence-electron chi connectivity index (χ0n) is 10.6. The zero-order chi connectivity index (χ0) is 12.8. The molecule has 2 nitrogen and oxygen atoms in total. The third kappa shape index (κ3) is 3.19. The van der Waals surface area contributed by atoms with Crippen LogP contribution < -0.4 is 11.5 Å². The van der Waals surface area contributed by atoms with Crippen molar-refractivity contribution in [3.63, 3.8) is 0 Å². The Hall–Kier alpha value is -1.64. The Labute approximate surface area is 109 Å². The molecule has 0 atom stereocenters. The van der Waals surface area contributed by atoms with Gasteiger partial charge in [0.15, 0.2) is 0 Å². The first-order chi connectivity index (χ1) is 8.83. The van der Waals surface area contributed by atoms with E-state index in [4.69, 9.17) is 11.5 Å². The molecule has 0 saturated carbocycles. The van der Waals surface area contributed by atoms with Gasteiger partial charge in [-0.05, 0) is 35.1 Å². The van der Waals surface area contributed by atoms with Crippen molar-refractivity contribution < 1.29 is 0 Å². The maximum Gasteiger partial charge on any atom is 0.0180 e. The fourth-order valence-electron chi connectivity index (χ4n) is 2.12. The summed E-state index contributed by atoms with van der Waals surface area (Å²) in [6.07, 6.45) is 2.08. The number of rotatable bonds is 5. The molecule has 2 aromatic rings. The van der Waals surface area contributed by atoms with Crippen LogP contribution in [-0.2, 0) is 25.9 Å². The summed E-state index contributed by atoms with van der Waals surface area (Å²) in [5.41, 5.74) is 16.5. The second-order valence-electron chi connectivity index (χ2n) is 4.49. The third-order valence-electron chi connectivity index (χ3n) is 3.28. The van der Waals surface area contributed by atoms with Crippen LogP contribution in [-0.4, -0.2) is 0 Å². The average Bonchev–Trinajstić information content (AvgIpc) is 2.46. The predicted molar refractivity (Wildman–Crippen MR) is 76.1 cm³/mol. The summed E-state index contributed by atoms with van der Waals surface area (Å²) in [4.78, 5) is 0. The van der Waals surface area contributed by atoms with Crippen molar-refractivity contribution in [2.45, 2.75) is 25.9 Å². The number of benzene rings is 2. The summed E-state index contributed by atoms with van der Waals surface area (Å²) in [7, 11) is 0. The van der Waals surface area contributed by atoms with E-state index in [9.17, 15) is 0 Å². The highest BCUT2D eigenvalue weighted by atomic mass is 14.5. The van der Waals surface area contributed by atoms with Gasteiger partial charge in [-0.1, -0.05) is 48.5 Å². The molecule has 0 bridgehead atoms. The van der Waals surface area contributed by atoms with E-state index in [1.54, 1.807) is 0 Å². The highest BCUT2D eigenvalue weighted by molar-refractivity contribution is 5.29. The summed E-state index contributed by atoms with van der Waals surface area (Å²) in [6.45, 7) is 1.22. The highest BCUT2D eigenvalue weighted by Gasteiger charge is 2.01. The van der Waals surface area contributed by atoms with Crippen molar-refractivity contribution in [2.75, 3.05) is 0 Å². The molecule has 2 aromatic carbocycles. The minimum atomic E-state index is 0.607. The molecule has 0 unspecified atom stereocenters. The normalized spacial score (nSPS) is 10.6. The van der Waals surface area contributed by atoms with Gasteiger partial charge < -0.3 is 11.5 Å². The Bertz CT molecular complexity index is 489. The molecule has 0 aromatic heterocycles. The van der Waals surface area contributed by atoms with Crippen LogP contribution >= 0.6 is 0 Å². The lowest BCUT2D eigenvalue weighted by atomic mass is 9.99. The Morgan fingerprint density at radius 2 is 1.22 bits per heavy atom. The Morgan fingerprint density at radius 1 is 0.611 bits per heavy atom. The van der Waals surface area contributed by atoms with E-state index < -0.39 is 0 Å². The highest BCUT2D eigenvalue weighted by Crippen LogP contribution is 2.12. The topological polar surface area (TPSA) is 52.0 Å². The van der Waals surface area contributed by atoms with E-state index in [1.807, 2.05) is 6.07 Å². The molecule has 0 aliphatic heterocycles. The van der Waals surface area contributed by atoms with Crippen LogP contribution in [0.25, 0.3) is 0 Å². The molecule has 4 N–H and O–H groups in total. The molecule has 0 radical (unpaired) electrons. The molecule has 0 aliphatic rings. The lowest BCUT2D eigenvalue weighted by Crippen LogP contribution is -2.02. The number of hydrogen-bond donors (Lipinski definition) is 2. The van der Waals surface area contributed by atoms with Crippen LogP contribution in [0, 0.1) is 0 Å². The van der Waals surface area contributed by atoms with Gasteiger partial charge in [0.1, 0.15) is 0 Å². The van der Waals surface area contributed by atoms with Crippen molar-refractivity contribution in [1.29, 1.82) is 0 Å². The molecule has 0 saturated heterocycles. The van der Waals surface area contributed by atoms with Crippen molar-refractivity contribution in [3.05, 3.63) is 70.8 Å². The Kier molecular flexibility index (Phi) is 4.51. The fraction of sp³-hybridized carbons (Fsp3) is 0.250. The van der Waals surface area contributed by atoms with Gasteiger partial charge in [-0.25, -0.2) is 0 Å². The molecular weight excluding hydrogens is 220 g/mol. The number of aryl methyl sites for hydroxylation is 2. The molecule has 18 heavy (non-hydrogen) atoms. The van der Waals surface area contributed by atoms with Crippen molar-refractivity contribution in [2.24, 2.45) is 11.5 Å². The van der Waals surface area contributed by atoms with Gasteiger partial charge in [0.2, 0.25) is 0 Å². The van der Waals surface area contributed by atoms with E-state index in [1.165, 1.54) is 22.3 Å². The number of hydrogen-bond acceptors (Lipinski definition) is 2. The first-order valence-corrected chi connectivity index (χ1v) is 6.38. The molecule has 2 rings (SSSR count). The van der Waals surface area contributed by atoms with Gasteiger partial charge in [-0.2, -0.15) is 0 Å². The lowest BCUT2D eigenvalue weighted by molar-refractivity contribution is 0.919. The first-order valence-electron chi connectivity index (χ1n) is 6.38. The molecule has 2 heteroatoms. The second-order valence-corrected chi connectivity index (χ2v) is 4.49. The van der Waals surface area contributed by atoms with Gasteiger partial charge >= 0.3 is 0 Å². The monoisotopic (exact) mass is 240 g/mol. The molecular formula is C16H20N2. The largest absolute Gasteiger partial charge is 0.326 e. The van der Waals surface area contributed by atoms with Gasteiger partial charge in [0.05, 0.1) is 0 Å². The van der Waals surface area contributed by atoms with Crippen molar-refractivity contribution >= 4 is 0 Å². The van der Waals surface area contributed by atoms with E-state index in [2.05, 4.69) is 42.5 Å². The molecule has 0 amide bonds. The molecule has 0 spiro atoms. The first kappa shape index (κ1) is 12.8. The van der Waals surface area contributed by atoms with E-state index in [0.29, 0.717) is 13.1 Å². The Morgan fingerprint density at radius 3 is 1.83 bits per heavy atom. The maximum atomic E-state index is 5.74. The number of nitrogens with two attached hydrogens (primary N) is 2. The summed E-state index contributed by atoms with van der Waals surface area (Å²) < 4.78 is 0. The minimum absolute atomic E-state index is 0.607. The van der Waals surface area contributed by atoms with Crippen LogP contribution in [0.3, 0.4) is 0 Å². The lowest BCUT2D eigenvalue weighted by Gasteiger charge is -2.08. The average molecular weight is 240 g/mol. The predicted octanol–water partition coefficient (Wildman–Crippen LogP) is 2.39. The smallest absolute Gasteiger partial charge is 0.0180 e. The molecule has 94 valence electrons. The standard InChI is InChI=1S/C16H20N2/c17-11-14-7-5-13(6-8-14)9-10-15-3-1-2-4-16(15)12-18/h1-8H,9-12,17-18H2. The van der Waals surface area contributed by atoms with Crippen LogP contribution in [0.15, 0.2) is 48.5 Å². The quantitative estimate of drug-likeness (QED) is 0.843. The minimum Gasteiger partial charge on any atom is -0.326 e. The summed E-state index contributed by atoms with van der Waals surface area (Å²) >= 11 is 0. The molecule has 0 aliphatic carbocycles. The van der Waals surface area contributed by atoms with Gasteiger partial charge in [0, 0.05) is 13.1 Å². The fourth-order valence-corrected chi connectivity index (χ4v) is 2.12. The van der Waals surface area contributed by atoms with Crippen LogP contribution in [0.2, 0.25) is 0 Å². The van der Waals surface area contributed by atoms with Crippen molar-refractivity contribution in [3.8, 4) is 0 Å². The Balaban J connectivity index is 2.02. The van der Waals surface area contributed by atoms with Crippen LogP contribution in [0.1, 0.15) is 22.3 Å². The van der Waals surface area contributed by atoms with Crippen LogP contribution in [0.5, 0.6) is 0 Å². The summed E-state index contributed by atoms with van der Waals surface area (Å²) in [5.74, 6) is 0. The van der Waals surface area contributed by atoms with E-state index in [0.717, 1.165) is 12.8 Å². The molecule has 0 heterocycles. The van der Waals surface area contributed by atoms with E-state index in [-0.39, 0.29) is 0 Å². The maximum absolute atomic E-state index is 5.74. The zero-order valence-corrected chi connectivity index (χ0v) is 10.6. The van der Waals surface area contributed by atoms with Crippen molar-refractivity contribution in [1.82, 2.24) is 0 Å². The second kappa shape index (κ2) is 6.34. The third-order valence-corrected chi connectivity index (χ3v) is 3.28. The van der Waals surface area contributed by atoms with Crippen LogP contribution in [0.4, 0.5) is 0 Å². The summed E-state index contributed by atoms with van der Waals surface area (Å²) in [5, 5.41) is 0.